The molecule has 0 bridgehead atoms. The lowest BCUT2D eigenvalue weighted by Crippen LogP contribution is -2.37. The summed E-state index contributed by atoms with van der Waals surface area (Å²) in [7, 11) is 0. The van der Waals surface area contributed by atoms with Gasteiger partial charge in [0, 0.05) is 30.2 Å². The van der Waals surface area contributed by atoms with Crippen molar-refractivity contribution in [2.75, 3.05) is 13.1 Å². The number of nitrogens with zero attached hydrogens (tertiary/aromatic N) is 1. The molecule has 0 radical (unpaired) electrons. The van der Waals surface area contributed by atoms with Crippen molar-refractivity contribution in [3.8, 4) is 0 Å². The van der Waals surface area contributed by atoms with Crippen LogP contribution in [0, 0.1) is 5.82 Å². The van der Waals surface area contributed by atoms with Crippen LogP contribution in [0.2, 0.25) is 0 Å². The quantitative estimate of drug-likeness (QED) is 0.682. The first-order valence-electron chi connectivity index (χ1n) is 7.27. The van der Waals surface area contributed by atoms with Crippen LogP contribution in [0.15, 0.2) is 24.4 Å². The zero-order valence-electron chi connectivity index (χ0n) is 11.7. The summed E-state index contributed by atoms with van der Waals surface area (Å²) < 4.78 is 13.3. The molecule has 2 aromatic rings. The molecule has 1 N–H and O–H groups in total. The molecule has 1 amide bonds. The molecule has 1 fully saturated rings. The second-order valence-corrected chi connectivity index (χ2v) is 5.43. The lowest BCUT2D eigenvalue weighted by atomic mass is 10.1. The molecule has 1 aromatic carbocycles. The molecule has 4 nitrogen and oxygen atoms in total. The maximum atomic E-state index is 13.3. The first kappa shape index (κ1) is 13.8. The molecular weight excluding hydrogens is 271 g/mol. The SMILES string of the molecule is O=C(C(=O)N1CCCCCC1)c1c[nH]c2ccc(F)cc12. The normalized spacial score (nSPS) is 16.0. The Morgan fingerprint density at radius 1 is 1.10 bits per heavy atom. The highest BCUT2D eigenvalue weighted by molar-refractivity contribution is 6.44. The van der Waals surface area contributed by atoms with Crippen molar-refractivity contribution >= 4 is 22.6 Å². The predicted octanol–water partition coefficient (Wildman–Crippen LogP) is 2.89. The number of ketones is 1. The third-order valence-corrected chi connectivity index (χ3v) is 3.98. The molecule has 110 valence electrons. The van der Waals surface area contributed by atoms with Crippen LogP contribution in [0.5, 0.6) is 0 Å². The molecule has 1 aliphatic rings. The number of amides is 1. The van der Waals surface area contributed by atoms with Gasteiger partial charge in [-0.25, -0.2) is 4.39 Å². The maximum Gasteiger partial charge on any atom is 0.295 e. The van der Waals surface area contributed by atoms with Crippen LogP contribution in [0.3, 0.4) is 0 Å². The number of aromatic amines is 1. The van der Waals surface area contributed by atoms with Gasteiger partial charge in [-0.1, -0.05) is 12.8 Å². The number of carbonyl (C=O) groups excluding carboxylic acids is 2. The first-order valence-corrected chi connectivity index (χ1v) is 7.27. The summed E-state index contributed by atoms with van der Waals surface area (Å²) in [6.45, 7) is 1.25. The standard InChI is InChI=1S/C16H17FN2O2/c17-11-5-6-14-12(9-11)13(10-18-14)15(20)16(21)19-7-3-1-2-4-8-19/h5-6,9-10,18H,1-4,7-8H2. The number of benzene rings is 1. The van der Waals surface area contributed by atoms with Gasteiger partial charge in [-0.15, -0.1) is 0 Å². The van der Waals surface area contributed by atoms with E-state index in [9.17, 15) is 14.0 Å². The second kappa shape index (κ2) is 5.68. The highest BCUT2D eigenvalue weighted by Gasteiger charge is 2.25. The summed E-state index contributed by atoms with van der Waals surface area (Å²) >= 11 is 0. The van der Waals surface area contributed by atoms with Gasteiger partial charge in [0.25, 0.3) is 11.7 Å². The fourth-order valence-electron chi connectivity index (χ4n) is 2.81. The van der Waals surface area contributed by atoms with Gasteiger partial charge in [0.1, 0.15) is 5.82 Å². The number of Topliss-reactive ketones (excluding diaryl/α,β-unsaturated/α-hetero) is 1. The van der Waals surface area contributed by atoms with Crippen molar-refractivity contribution in [2.24, 2.45) is 0 Å². The zero-order chi connectivity index (χ0) is 14.8. The number of hydrogen-bond donors (Lipinski definition) is 1. The van der Waals surface area contributed by atoms with Gasteiger partial charge in [0.05, 0.1) is 5.56 Å². The van der Waals surface area contributed by atoms with Crippen molar-refractivity contribution in [1.82, 2.24) is 9.88 Å². The monoisotopic (exact) mass is 288 g/mol. The number of likely N-dealkylation sites (tertiary alicyclic amines) is 1. The number of rotatable bonds is 2. The van der Waals surface area contributed by atoms with E-state index in [-0.39, 0.29) is 5.56 Å². The Morgan fingerprint density at radius 3 is 2.52 bits per heavy atom. The summed E-state index contributed by atoms with van der Waals surface area (Å²) in [4.78, 5) is 29.3. The number of fused-ring (bicyclic) bond motifs is 1. The molecule has 3 rings (SSSR count). The molecule has 1 saturated heterocycles. The summed E-state index contributed by atoms with van der Waals surface area (Å²) in [5, 5.41) is 0.461. The Morgan fingerprint density at radius 2 is 1.81 bits per heavy atom. The first-order chi connectivity index (χ1) is 10.2. The van der Waals surface area contributed by atoms with Crippen molar-refractivity contribution in [3.63, 3.8) is 0 Å². The largest absolute Gasteiger partial charge is 0.360 e. The second-order valence-electron chi connectivity index (χ2n) is 5.43. The molecule has 1 aromatic heterocycles. The van der Waals surface area contributed by atoms with E-state index in [1.807, 2.05) is 0 Å². The lowest BCUT2D eigenvalue weighted by Gasteiger charge is -2.18. The fraction of sp³-hybridized carbons (Fsp3) is 0.375. The van der Waals surface area contributed by atoms with Gasteiger partial charge in [0.2, 0.25) is 0 Å². The average molecular weight is 288 g/mol. The van der Waals surface area contributed by atoms with Crippen molar-refractivity contribution in [2.45, 2.75) is 25.7 Å². The number of hydrogen-bond acceptors (Lipinski definition) is 2. The van der Waals surface area contributed by atoms with E-state index in [1.54, 1.807) is 11.0 Å². The van der Waals surface area contributed by atoms with Gasteiger partial charge in [0.15, 0.2) is 0 Å². The molecule has 1 aliphatic heterocycles. The van der Waals surface area contributed by atoms with Gasteiger partial charge < -0.3 is 9.88 Å². The van der Waals surface area contributed by atoms with Gasteiger partial charge in [-0.3, -0.25) is 9.59 Å². The molecule has 21 heavy (non-hydrogen) atoms. The highest BCUT2D eigenvalue weighted by Crippen LogP contribution is 2.21. The summed E-state index contributed by atoms with van der Waals surface area (Å²) in [6, 6.07) is 4.18. The van der Waals surface area contributed by atoms with Crippen LogP contribution in [0.4, 0.5) is 4.39 Å². The van der Waals surface area contributed by atoms with Gasteiger partial charge >= 0.3 is 0 Å². The Balaban J connectivity index is 1.89. The van der Waals surface area contributed by atoms with E-state index < -0.39 is 17.5 Å². The van der Waals surface area contributed by atoms with Crippen molar-refractivity contribution in [3.05, 3.63) is 35.8 Å². The topological polar surface area (TPSA) is 53.2 Å². The molecule has 2 heterocycles. The molecule has 0 saturated carbocycles. The predicted molar refractivity (Wildman–Crippen MR) is 77.6 cm³/mol. The van der Waals surface area contributed by atoms with Crippen LogP contribution in [-0.4, -0.2) is 34.7 Å². The van der Waals surface area contributed by atoms with Crippen LogP contribution in [0.1, 0.15) is 36.0 Å². The maximum absolute atomic E-state index is 13.3. The fourth-order valence-corrected chi connectivity index (χ4v) is 2.81. The Hall–Kier alpha value is -2.17. The van der Waals surface area contributed by atoms with Crippen molar-refractivity contribution < 1.29 is 14.0 Å². The van der Waals surface area contributed by atoms with Gasteiger partial charge in [-0.2, -0.15) is 0 Å². The van der Waals surface area contributed by atoms with Crippen LogP contribution >= 0.6 is 0 Å². The molecule has 0 atom stereocenters. The Kier molecular flexibility index (Phi) is 3.73. The Labute approximate surface area is 121 Å². The number of nitrogens with one attached hydrogen (secondary N) is 1. The minimum Gasteiger partial charge on any atom is -0.360 e. The number of halogens is 1. The summed E-state index contributed by atoms with van der Waals surface area (Å²) in [6.07, 6.45) is 5.54. The molecule has 0 aliphatic carbocycles. The smallest absolute Gasteiger partial charge is 0.295 e. The van der Waals surface area contributed by atoms with Crippen molar-refractivity contribution in [1.29, 1.82) is 0 Å². The van der Waals surface area contributed by atoms with Crippen LogP contribution in [0.25, 0.3) is 10.9 Å². The number of carbonyl (C=O) groups is 2. The molecule has 0 spiro atoms. The summed E-state index contributed by atoms with van der Waals surface area (Å²) in [5.41, 5.74) is 0.905. The van der Waals surface area contributed by atoms with Crippen LogP contribution < -0.4 is 0 Å². The zero-order valence-corrected chi connectivity index (χ0v) is 11.7. The van der Waals surface area contributed by atoms with E-state index in [0.29, 0.717) is 24.0 Å². The minimum absolute atomic E-state index is 0.249. The van der Waals surface area contributed by atoms with E-state index in [2.05, 4.69) is 4.98 Å². The average Bonchev–Trinajstić information content (AvgIpc) is 2.72. The lowest BCUT2D eigenvalue weighted by molar-refractivity contribution is -0.126. The summed E-state index contributed by atoms with van der Waals surface area (Å²) in [5.74, 6) is -1.46. The minimum atomic E-state index is -0.561. The van der Waals surface area contributed by atoms with E-state index >= 15 is 0 Å². The van der Waals surface area contributed by atoms with Gasteiger partial charge in [-0.05, 0) is 31.0 Å². The van der Waals surface area contributed by atoms with Crippen LogP contribution in [-0.2, 0) is 4.79 Å². The number of H-pyrrole nitrogens is 1. The third kappa shape index (κ3) is 2.68. The molecular formula is C16H17FN2O2. The molecule has 5 heteroatoms. The Bertz CT molecular complexity index is 685. The van der Waals surface area contributed by atoms with E-state index in [0.717, 1.165) is 25.7 Å². The van der Waals surface area contributed by atoms with E-state index in [1.165, 1.54) is 18.3 Å². The molecule has 0 unspecified atom stereocenters. The van der Waals surface area contributed by atoms with E-state index in [4.69, 9.17) is 0 Å². The number of aromatic nitrogens is 1. The third-order valence-electron chi connectivity index (χ3n) is 3.98. The highest BCUT2D eigenvalue weighted by atomic mass is 19.1.